The van der Waals surface area contributed by atoms with Crippen molar-refractivity contribution in [3.8, 4) is 0 Å². The predicted molar refractivity (Wildman–Crippen MR) is 120 cm³/mol. The van der Waals surface area contributed by atoms with E-state index >= 15 is 0 Å². The second-order valence-corrected chi connectivity index (χ2v) is 8.43. The van der Waals surface area contributed by atoms with Gasteiger partial charge < -0.3 is 5.32 Å². The van der Waals surface area contributed by atoms with Crippen LogP contribution in [0.4, 0.5) is 5.69 Å². The van der Waals surface area contributed by atoms with E-state index in [1.807, 2.05) is 30.3 Å². The molecular formula is C21H18BrN5O2S. The number of carbonyl (C=O) groups is 1. The second-order valence-electron chi connectivity index (χ2n) is 6.49. The van der Waals surface area contributed by atoms with Crippen LogP contribution in [0.15, 0.2) is 80.1 Å². The SMILES string of the molecule is CCc1ccccc1Sc1nccn2c(=O)n(CC(=O)Nc3cccc(Br)c3)nc12. The minimum Gasteiger partial charge on any atom is -0.324 e. The van der Waals surface area contributed by atoms with E-state index < -0.39 is 0 Å². The van der Waals surface area contributed by atoms with E-state index in [4.69, 9.17) is 0 Å². The number of aromatic nitrogens is 4. The van der Waals surface area contributed by atoms with Gasteiger partial charge in [-0.05, 0) is 36.2 Å². The summed E-state index contributed by atoms with van der Waals surface area (Å²) in [5, 5.41) is 7.76. The first-order valence-corrected chi connectivity index (χ1v) is 10.9. The number of nitrogens with zero attached hydrogens (tertiary/aromatic N) is 4. The number of hydrogen-bond acceptors (Lipinski definition) is 5. The summed E-state index contributed by atoms with van der Waals surface area (Å²) >= 11 is 4.83. The highest BCUT2D eigenvalue weighted by atomic mass is 79.9. The molecule has 0 saturated carbocycles. The van der Waals surface area contributed by atoms with E-state index in [1.165, 1.54) is 21.7 Å². The Balaban J connectivity index is 1.61. The Kier molecular flexibility index (Phi) is 6.01. The minimum absolute atomic E-state index is 0.192. The minimum atomic E-state index is -0.387. The van der Waals surface area contributed by atoms with Crippen molar-refractivity contribution in [1.82, 2.24) is 19.2 Å². The largest absolute Gasteiger partial charge is 0.350 e. The van der Waals surface area contributed by atoms with Gasteiger partial charge in [0, 0.05) is 27.4 Å². The lowest BCUT2D eigenvalue weighted by Gasteiger charge is -2.06. The molecule has 0 saturated heterocycles. The van der Waals surface area contributed by atoms with Gasteiger partial charge in [-0.15, -0.1) is 5.10 Å². The number of carbonyl (C=O) groups excluding carboxylic acids is 1. The van der Waals surface area contributed by atoms with Crippen molar-refractivity contribution in [3.05, 3.63) is 81.4 Å². The Morgan fingerprint density at radius 3 is 2.83 bits per heavy atom. The Morgan fingerprint density at radius 1 is 1.20 bits per heavy atom. The molecule has 0 atom stereocenters. The fraction of sp³-hybridized carbons (Fsp3) is 0.143. The molecule has 0 radical (unpaired) electrons. The molecule has 4 aromatic rings. The third kappa shape index (κ3) is 4.31. The van der Waals surface area contributed by atoms with Crippen LogP contribution < -0.4 is 11.0 Å². The molecule has 0 fully saturated rings. The van der Waals surface area contributed by atoms with Crippen molar-refractivity contribution >= 4 is 44.9 Å². The molecule has 2 heterocycles. The van der Waals surface area contributed by atoms with Gasteiger partial charge in [-0.1, -0.05) is 58.9 Å². The van der Waals surface area contributed by atoms with Gasteiger partial charge in [0.1, 0.15) is 11.6 Å². The van der Waals surface area contributed by atoms with E-state index in [9.17, 15) is 9.59 Å². The Bertz CT molecular complexity index is 1280. The summed E-state index contributed by atoms with van der Waals surface area (Å²) < 4.78 is 3.42. The smallest absolute Gasteiger partial charge is 0.324 e. The van der Waals surface area contributed by atoms with Gasteiger partial charge in [-0.25, -0.2) is 18.9 Å². The van der Waals surface area contributed by atoms with Crippen LogP contribution in [-0.4, -0.2) is 25.1 Å². The van der Waals surface area contributed by atoms with Crippen LogP contribution >= 0.6 is 27.7 Å². The van der Waals surface area contributed by atoms with Crippen LogP contribution in [0.1, 0.15) is 12.5 Å². The molecule has 1 amide bonds. The zero-order valence-corrected chi connectivity index (χ0v) is 18.5. The number of hydrogen-bond donors (Lipinski definition) is 1. The molecule has 4 rings (SSSR count). The van der Waals surface area contributed by atoms with Gasteiger partial charge in [0.15, 0.2) is 5.65 Å². The number of rotatable bonds is 6. The number of fused-ring (bicyclic) bond motifs is 1. The molecule has 152 valence electrons. The fourth-order valence-corrected chi connectivity index (χ4v) is 4.44. The third-order valence-corrected chi connectivity index (χ3v) is 6.02. The van der Waals surface area contributed by atoms with Crippen LogP contribution in [0.3, 0.4) is 0 Å². The number of benzene rings is 2. The monoisotopic (exact) mass is 483 g/mol. The molecule has 7 nitrogen and oxygen atoms in total. The molecule has 0 aliphatic heterocycles. The van der Waals surface area contributed by atoms with Crippen LogP contribution in [0.5, 0.6) is 0 Å². The van der Waals surface area contributed by atoms with E-state index in [1.54, 1.807) is 24.5 Å². The molecule has 0 aliphatic rings. The maximum atomic E-state index is 12.7. The molecule has 0 aliphatic carbocycles. The summed E-state index contributed by atoms with van der Waals surface area (Å²) in [6, 6.07) is 15.3. The molecule has 0 unspecified atom stereocenters. The molecule has 0 spiro atoms. The number of aryl methyl sites for hydroxylation is 1. The highest BCUT2D eigenvalue weighted by Gasteiger charge is 2.16. The summed E-state index contributed by atoms with van der Waals surface area (Å²) in [4.78, 5) is 30.6. The van der Waals surface area contributed by atoms with Crippen molar-refractivity contribution in [3.63, 3.8) is 0 Å². The zero-order chi connectivity index (χ0) is 21.1. The molecule has 30 heavy (non-hydrogen) atoms. The number of nitrogens with one attached hydrogen (secondary N) is 1. The quantitative estimate of drug-likeness (QED) is 0.448. The van der Waals surface area contributed by atoms with Gasteiger partial charge >= 0.3 is 5.69 Å². The van der Waals surface area contributed by atoms with Crippen molar-refractivity contribution in [2.45, 2.75) is 29.8 Å². The van der Waals surface area contributed by atoms with Crippen LogP contribution in [0.2, 0.25) is 0 Å². The maximum Gasteiger partial charge on any atom is 0.350 e. The zero-order valence-electron chi connectivity index (χ0n) is 16.1. The Labute approximate surface area is 185 Å². The first kappa shape index (κ1) is 20.4. The summed E-state index contributed by atoms with van der Waals surface area (Å²) in [6.45, 7) is 1.90. The van der Waals surface area contributed by atoms with E-state index in [2.05, 4.69) is 44.3 Å². The number of amides is 1. The third-order valence-electron chi connectivity index (χ3n) is 4.43. The first-order valence-electron chi connectivity index (χ1n) is 9.30. The molecule has 9 heteroatoms. The molecule has 2 aromatic heterocycles. The highest BCUT2D eigenvalue weighted by Crippen LogP contribution is 2.31. The van der Waals surface area contributed by atoms with Crippen LogP contribution in [0.25, 0.3) is 5.65 Å². The number of anilines is 1. The van der Waals surface area contributed by atoms with Crippen molar-refractivity contribution in [2.75, 3.05) is 5.32 Å². The molecule has 0 bridgehead atoms. The average molecular weight is 484 g/mol. The fourth-order valence-electron chi connectivity index (χ4n) is 3.00. The van der Waals surface area contributed by atoms with Crippen molar-refractivity contribution in [2.24, 2.45) is 0 Å². The van der Waals surface area contributed by atoms with E-state index in [-0.39, 0.29) is 18.1 Å². The lowest BCUT2D eigenvalue weighted by Crippen LogP contribution is -2.28. The average Bonchev–Trinajstić information content (AvgIpc) is 3.05. The highest BCUT2D eigenvalue weighted by molar-refractivity contribution is 9.10. The van der Waals surface area contributed by atoms with Crippen LogP contribution in [-0.2, 0) is 17.8 Å². The van der Waals surface area contributed by atoms with Gasteiger partial charge in [0.25, 0.3) is 0 Å². The summed E-state index contributed by atoms with van der Waals surface area (Å²) in [5.41, 5.74) is 1.87. The second kappa shape index (κ2) is 8.85. The standard InChI is InChI=1S/C21H18BrN5O2S/c1-2-14-6-3-4-9-17(14)30-20-19-25-27(21(29)26(19)11-10-23-20)13-18(28)24-16-8-5-7-15(22)12-16/h3-12H,2,13H2,1H3,(H,24,28). The maximum absolute atomic E-state index is 12.7. The Hall–Kier alpha value is -2.91. The molecule has 1 N–H and O–H groups in total. The van der Waals surface area contributed by atoms with Gasteiger partial charge in [0.05, 0.1) is 0 Å². The predicted octanol–water partition coefficient (Wildman–Crippen LogP) is 4.01. The van der Waals surface area contributed by atoms with E-state index in [0.717, 1.165) is 20.5 Å². The summed E-state index contributed by atoms with van der Waals surface area (Å²) in [7, 11) is 0. The topological polar surface area (TPSA) is 81.3 Å². The first-order chi connectivity index (χ1) is 14.5. The normalized spacial score (nSPS) is 11.0. The number of halogens is 1. The van der Waals surface area contributed by atoms with Crippen molar-refractivity contribution in [1.29, 1.82) is 0 Å². The van der Waals surface area contributed by atoms with Crippen LogP contribution in [0, 0.1) is 0 Å². The summed E-state index contributed by atoms with van der Waals surface area (Å²) in [6.07, 6.45) is 4.02. The molecular weight excluding hydrogens is 466 g/mol. The lowest BCUT2D eigenvalue weighted by atomic mass is 10.2. The molecule has 2 aromatic carbocycles. The van der Waals surface area contributed by atoms with Gasteiger partial charge in [-0.3, -0.25) is 4.79 Å². The lowest BCUT2D eigenvalue weighted by molar-refractivity contribution is -0.117. The van der Waals surface area contributed by atoms with Crippen molar-refractivity contribution < 1.29 is 4.79 Å². The van der Waals surface area contributed by atoms with Gasteiger partial charge in [0.2, 0.25) is 5.91 Å². The van der Waals surface area contributed by atoms with Gasteiger partial charge in [-0.2, -0.15) is 0 Å². The Morgan fingerprint density at radius 2 is 2.03 bits per heavy atom. The van der Waals surface area contributed by atoms with E-state index in [0.29, 0.717) is 16.4 Å². The summed E-state index contributed by atoms with van der Waals surface area (Å²) in [5.74, 6) is -0.336.